The molecule has 2 aliphatic heterocycles. The average Bonchev–Trinajstić information content (AvgIpc) is 2.85. The van der Waals surface area contributed by atoms with Crippen molar-refractivity contribution in [3.63, 3.8) is 0 Å². The molecule has 2 fully saturated rings. The number of amides is 2. The van der Waals surface area contributed by atoms with Crippen molar-refractivity contribution in [2.45, 2.75) is 0 Å². The normalized spacial score (nSPS) is 16.7. The van der Waals surface area contributed by atoms with Gasteiger partial charge >= 0.3 is 6.03 Å². The van der Waals surface area contributed by atoms with Crippen LogP contribution >= 0.6 is 11.6 Å². The highest BCUT2D eigenvalue weighted by molar-refractivity contribution is 6.32. The Morgan fingerprint density at radius 2 is 1.56 bits per heavy atom. The van der Waals surface area contributed by atoms with E-state index in [0.717, 1.165) is 24.7 Å². The number of morpholine rings is 1. The maximum absolute atomic E-state index is 12.8. The molecule has 2 aliphatic rings. The van der Waals surface area contributed by atoms with E-state index in [1.165, 1.54) is 14.2 Å². The minimum absolute atomic E-state index is 0.208. The van der Waals surface area contributed by atoms with Crippen LogP contribution < -0.4 is 24.6 Å². The molecule has 0 atom stereocenters. The van der Waals surface area contributed by atoms with Crippen LogP contribution in [0.2, 0.25) is 5.02 Å². The van der Waals surface area contributed by atoms with Crippen molar-refractivity contribution in [2.24, 2.45) is 0 Å². The fraction of sp³-hybridized carbons (Fsp3) is 0.476. The number of halogens is 1. The first-order chi connectivity index (χ1) is 15.6. The molecule has 0 bridgehead atoms. The highest BCUT2D eigenvalue weighted by atomic mass is 35.5. The summed E-state index contributed by atoms with van der Waals surface area (Å²) >= 11 is 6.21. The summed E-state index contributed by atoms with van der Waals surface area (Å²) in [7, 11) is 3.06. The van der Waals surface area contributed by atoms with Crippen molar-refractivity contribution in [2.75, 3.05) is 81.8 Å². The number of carbonyl (C=O) groups excluding carboxylic acids is 1. The van der Waals surface area contributed by atoms with E-state index >= 15 is 0 Å². The van der Waals surface area contributed by atoms with Gasteiger partial charge in [0.25, 0.3) is 0 Å². The number of ether oxygens (including phenoxy) is 3. The van der Waals surface area contributed by atoms with Gasteiger partial charge in [0.2, 0.25) is 0 Å². The van der Waals surface area contributed by atoms with Gasteiger partial charge in [0.1, 0.15) is 29.5 Å². The lowest BCUT2D eigenvalue weighted by molar-refractivity contribution is 0.122. The number of piperazine rings is 1. The van der Waals surface area contributed by atoms with Crippen molar-refractivity contribution >= 4 is 35.0 Å². The number of rotatable bonds is 5. The Balaban J connectivity index is 1.37. The number of urea groups is 1. The number of methoxy groups -OCH3 is 2. The number of carbonyl (C=O) groups is 1. The van der Waals surface area contributed by atoms with Crippen LogP contribution in [0.5, 0.6) is 11.5 Å². The molecule has 1 aromatic carbocycles. The number of hydrogen-bond donors (Lipinski definition) is 1. The lowest BCUT2D eigenvalue weighted by Crippen LogP contribution is -2.50. The van der Waals surface area contributed by atoms with Crippen LogP contribution in [0.3, 0.4) is 0 Å². The van der Waals surface area contributed by atoms with Gasteiger partial charge in [-0.2, -0.15) is 0 Å². The molecule has 0 saturated carbocycles. The topological polar surface area (TPSA) is 92.3 Å². The van der Waals surface area contributed by atoms with Gasteiger partial charge in [0.05, 0.1) is 38.1 Å². The summed E-state index contributed by atoms with van der Waals surface area (Å²) in [4.78, 5) is 27.8. The third-order valence-corrected chi connectivity index (χ3v) is 5.88. The molecule has 2 saturated heterocycles. The second kappa shape index (κ2) is 10.1. The summed E-state index contributed by atoms with van der Waals surface area (Å²) in [5, 5.41) is 3.29. The maximum Gasteiger partial charge on any atom is 0.322 e. The van der Waals surface area contributed by atoms with Gasteiger partial charge in [0, 0.05) is 51.4 Å². The van der Waals surface area contributed by atoms with Crippen LogP contribution in [0, 0.1) is 0 Å². The van der Waals surface area contributed by atoms with E-state index in [4.69, 9.17) is 25.8 Å². The van der Waals surface area contributed by atoms with E-state index < -0.39 is 0 Å². The Morgan fingerprint density at radius 1 is 0.938 bits per heavy atom. The average molecular weight is 463 g/mol. The van der Waals surface area contributed by atoms with Gasteiger partial charge in [-0.25, -0.2) is 14.8 Å². The van der Waals surface area contributed by atoms with Gasteiger partial charge in [-0.1, -0.05) is 11.6 Å². The Morgan fingerprint density at radius 3 is 2.19 bits per heavy atom. The molecule has 11 heteroatoms. The molecule has 2 aromatic rings. The molecule has 3 heterocycles. The Hall–Kier alpha value is -2.98. The van der Waals surface area contributed by atoms with Crippen molar-refractivity contribution in [1.82, 2.24) is 14.9 Å². The molecule has 1 N–H and O–H groups in total. The quantitative estimate of drug-likeness (QED) is 0.723. The number of benzene rings is 1. The fourth-order valence-electron chi connectivity index (χ4n) is 3.77. The third kappa shape index (κ3) is 4.91. The van der Waals surface area contributed by atoms with Crippen molar-refractivity contribution < 1.29 is 19.0 Å². The molecule has 1 aromatic heterocycles. The van der Waals surface area contributed by atoms with E-state index in [-0.39, 0.29) is 6.03 Å². The van der Waals surface area contributed by atoms with Gasteiger partial charge in [0.15, 0.2) is 0 Å². The van der Waals surface area contributed by atoms with Crippen LogP contribution in [0.25, 0.3) is 0 Å². The summed E-state index contributed by atoms with van der Waals surface area (Å²) in [6.07, 6.45) is 1.60. The van der Waals surface area contributed by atoms with Crippen LogP contribution in [0.1, 0.15) is 0 Å². The molecule has 4 rings (SSSR count). The Labute approximate surface area is 192 Å². The van der Waals surface area contributed by atoms with Crippen molar-refractivity contribution in [1.29, 1.82) is 0 Å². The first-order valence-corrected chi connectivity index (χ1v) is 10.8. The van der Waals surface area contributed by atoms with E-state index in [0.29, 0.717) is 61.6 Å². The van der Waals surface area contributed by atoms with E-state index in [1.807, 2.05) is 6.07 Å². The van der Waals surface area contributed by atoms with E-state index in [1.54, 1.807) is 23.4 Å². The molecule has 0 aliphatic carbocycles. The first kappa shape index (κ1) is 22.2. The molecule has 10 nitrogen and oxygen atoms in total. The van der Waals surface area contributed by atoms with Crippen LogP contribution in [-0.2, 0) is 4.74 Å². The van der Waals surface area contributed by atoms with Gasteiger partial charge < -0.3 is 34.2 Å². The number of anilines is 3. The Bertz CT molecular complexity index is 948. The van der Waals surface area contributed by atoms with Gasteiger partial charge in [-0.05, 0) is 6.07 Å². The predicted octanol–water partition coefficient (Wildman–Crippen LogP) is 2.34. The van der Waals surface area contributed by atoms with Crippen molar-refractivity contribution in [3.8, 4) is 11.5 Å². The highest BCUT2D eigenvalue weighted by Gasteiger charge is 2.24. The minimum atomic E-state index is -0.208. The van der Waals surface area contributed by atoms with Crippen LogP contribution in [0.4, 0.5) is 22.1 Å². The fourth-order valence-corrected chi connectivity index (χ4v) is 4.01. The summed E-state index contributed by atoms with van der Waals surface area (Å²) < 4.78 is 16.0. The smallest absolute Gasteiger partial charge is 0.322 e. The lowest BCUT2D eigenvalue weighted by atomic mass is 10.2. The monoisotopic (exact) mass is 462 g/mol. The minimum Gasteiger partial charge on any atom is -0.495 e. The zero-order valence-corrected chi connectivity index (χ0v) is 19.0. The molecule has 0 radical (unpaired) electrons. The van der Waals surface area contributed by atoms with E-state index in [2.05, 4.69) is 25.1 Å². The zero-order chi connectivity index (χ0) is 22.5. The van der Waals surface area contributed by atoms with Gasteiger partial charge in [-0.15, -0.1) is 0 Å². The second-order valence-electron chi connectivity index (χ2n) is 7.43. The molecule has 0 unspecified atom stereocenters. The lowest BCUT2D eigenvalue weighted by Gasteiger charge is -2.36. The zero-order valence-electron chi connectivity index (χ0n) is 18.2. The maximum atomic E-state index is 12.8. The van der Waals surface area contributed by atoms with E-state index in [9.17, 15) is 4.79 Å². The summed E-state index contributed by atoms with van der Waals surface area (Å²) in [6, 6.07) is 5.07. The number of aromatic nitrogens is 2. The second-order valence-corrected chi connectivity index (χ2v) is 7.83. The predicted molar refractivity (Wildman–Crippen MR) is 122 cm³/mol. The molecule has 172 valence electrons. The molecule has 0 spiro atoms. The largest absolute Gasteiger partial charge is 0.495 e. The molecule has 32 heavy (non-hydrogen) atoms. The number of hydrogen-bond acceptors (Lipinski definition) is 8. The third-order valence-electron chi connectivity index (χ3n) is 5.58. The van der Waals surface area contributed by atoms with Gasteiger partial charge in [-0.3, -0.25) is 0 Å². The molecular weight excluding hydrogens is 436 g/mol. The highest BCUT2D eigenvalue weighted by Crippen LogP contribution is 2.36. The summed E-state index contributed by atoms with van der Waals surface area (Å²) in [5.41, 5.74) is 0.497. The number of nitrogens with zero attached hydrogens (tertiary/aromatic N) is 5. The summed E-state index contributed by atoms with van der Waals surface area (Å²) in [5.74, 6) is 2.73. The first-order valence-electron chi connectivity index (χ1n) is 10.5. The van der Waals surface area contributed by atoms with Crippen LogP contribution in [-0.4, -0.2) is 87.6 Å². The van der Waals surface area contributed by atoms with Crippen LogP contribution in [0.15, 0.2) is 24.5 Å². The molecule has 2 amide bonds. The standard InChI is InChI=1S/C21H27ClN6O4/c1-30-17-12-18(31-2)16(11-15(17)22)25-21(29)28-5-3-26(4-6-28)19-13-20(24-14-23-19)27-7-9-32-10-8-27/h11-14H,3-10H2,1-2H3,(H,25,29). The number of nitrogens with one attached hydrogen (secondary N) is 1. The molecular formula is C21H27ClN6O4. The SMILES string of the molecule is COc1cc(OC)c(NC(=O)N2CCN(c3cc(N4CCOCC4)ncn3)CC2)cc1Cl. The van der Waals surface area contributed by atoms with Crippen molar-refractivity contribution in [3.05, 3.63) is 29.5 Å². The summed E-state index contributed by atoms with van der Waals surface area (Å²) in [6.45, 7) is 5.53. The Kier molecular flexibility index (Phi) is 7.01.